The van der Waals surface area contributed by atoms with E-state index in [1.165, 1.54) is 0 Å². The van der Waals surface area contributed by atoms with Crippen LogP contribution in [0.25, 0.3) is 0 Å². The molecule has 2 unspecified atom stereocenters. The fourth-order valence-corrected chi connectivity index (χ4v) is 3.52. The molecule has 1 aromatic rings. The van der Waals surface area contributed by atoms with Gasteiger partial charge in [0.25, 0.3) is 0 Å². The number of aliphatic hydroxyl groups excluding tert-OH is 1. The van der Waals surface area contributed by atoms with E-state index >= 15 is 0 Å². The highest BCUT2D eigenvalue weighted by Gasteiger charge is 2.28. The average Bonchev–Trinajstić information content (AvgIpc) is 2.84. The minimum Gasteiger partial charge on any atom is -0.392 e. The molecule has 0 saturated carbocycles. The van der Waals surface area contributed by atoms with Gasteiger partial charge in [0.1, 0.15) is 12.1 Å². The first-order valence-electron chi connectivity index (χ1n) is 12.5. The number of amides is 4. The Balaban J connectivity index is 2.68. The summed E-state index contributed by atoms with van der Waals surface area (Å²) < 4.78 is 0. The van der Waals surface area contributed by atoms with E-state index in [4.69, 9.17) is 0 Å². The molecule has 35 heavy (non-hydrogen) atoms. The van der Waals surface area contributed by atoms with Gasteiger partial charge in [0.15, 0.2) is 0 Å². The van der Waals surface area contributed by atoms with E-state index < -0.39 is 12.1 Å². The number of nitrogens with zero attached hydrogens (tertiary/aromatic N) is 1. The summed E-state index contributed by atoms with van der Waals surface area (Å²) in [5.41, 5.74) is 1.32. The zero-order valence-electron chi connectivity index (χ0n) is 21.5. The quantitative estimate of drug-likeness (QED) is 0.197. The topological polar surface area (TPSA) is 128 Å². The maximum atomic E-state index is 13.0. The molecule has 0 aromatic heterocycles. The summed E-state index contributed by atoms with van der Waals surface area (Å²) in [6, 6.07) is 5.38. The van der Waals surface area contributed by atoms with Crippen molar-refractivity contribution in [1.82, 2.24) is 15.5 Å². The third-order valence-electron chi connectivity index (χ3n) is 5.74. The third kappa shape index (κ3) is 11.8. The van der Waals surface area contributed by atoms with Crippen LogP contribution >= 0.6 is 0 Å². The largest absolute Gasteiger partial charge is 0.392 e. The number of nitrogens with one attached hydrogen (secondary N) is 3. The van der Waals surface area contributed by atoms with Crippen molar-refractivity contribution in [2.24, 2.45) is 5.92 Å². The van der Waals surface area contributed by atoms with E-state index in [2.05, 4.69) is 16.0 Å². The molecular formula is C26H42N4O5. The Labute approximate surface area is 209 Å². The van der Waals surface area contributed by atoms with Gasteiger partial charge in [-0.05, 0) is 42.9 Å². The first-order chi connectivity index (χ1) is 16.7. The van der Waals surface area contributed by atoms with Crippen LogP contribution in [0.1, 0.15) is 71.3 Å². The van der Waals surface area contributed by atoms with Crippen molar-refractivity contribution < 1.29 is 24.3 Å². The fraction of sp³-hybridized carbons (Fsp3) is 0.615. The number of aliphatic hydroxyl groups is 1. The van der Waals surface area contributed by atoms with E-state index in [1.807, 2.05) is 20.8 Å². The second-order valence-electron chi connectivity index (χ2n) is 9.23. The minimum atomic E-state index is -0.746. The Kier molecular flexibility index (Phi) is 14.3. The standard InChI is InChI=1S/C26H42N4O5/c1-5-6-10-22(25(34)27-21-14-12-20(17-31)13-15-21)28-26(35)24(19(2)3)29-23(33)11-8-7-9-16-30(4)18-32/h12-15,18-19,22,24,31H,5-11,16-17H2,1-4H3,(H,27,34)(H,28,35)(H,29,33). The lowest BCUT2D eigenvalue weighted by Gasteiger charge is -2.25. The van der Waals surface area contributed by atoms with Crippen LogP contribution in [0.4, 0.5) is 5.69 Å². The van der Waals surface area contributed by atoms with Gasteiger partial charge in [0.2, 0.25) is 24.1 Å². The molecule has 0 fully saturated rings. The summed E-state index contributed by atoms with van der Waals surface area (Å²) in [5, 5.41) is 17.6. The van der Waals surface area contributed by atoms with Crippen molar-refractivity contribution in [3.63, 3.8) is 0 Å². The fourth-order valence-electron chi connectivity index (χ4n) is 3.52. The van der Waals surface area contributed by atoms with Crippen molar-refractivity contribution in [2.75, 3.05) is 18.9 Å². The van der Waals surface area contributed by atoms with Crippen molar-refractivity contribution in [3.05, 3.63) is 29.8 Å². The Morgan fingerprint density at radius 1 is 1.00 bits per heavy atom. The molecule has 9 nitrogen and oxygen atoms in total. The molecule has 1 aromatic carbocycles. The van der Waals surface area contributed by atoms with Crippen molar-refractivity contribution in [1.29, 1.82) is 0 Å². The summed E-state index contributed by atoms with van der Waals surface area (Å²) in [6.45, 7) is 6.28. The van der Waals surface area contributed by atoms with E-state index in [0.717, 1.165) is 37.7 Å². The predicted molar refractivity (Wildman–Crippen MR) is 136 cm³/mol. The van der Waals surface area contributed by atoms with Crippen LogP contribution in [0.15, 0.2) is 24.3 Å². The minimum absolute atomic E-state index is 0.0801. The predicted octanol–water partition coefficient (Wildman–Crippen LogP) is 2.58. The van der Waals surface area contributed by atoms with Crippen LogP contribution < -0.4 is 16.0 Å². The third-order valence-corrected chi connectivity index (χ3v) is 5.74. The molecule has 196 valence electrons. The molecule has 0 radical (unpaired) electrons. The Bertz CT molecular complexity index is 797. The number of benzene rings is 1. The van der Waals surface area contributed by atoms with Crippen molar-refractivity contribution in [2.45, 2.75) is 84.4 Å². The molecule has 0 saturated heterocycles. The number of hydrogen-bond donors (Lipinski definition) is 4. The van der Waals surface area contributed by atoms with Gasteiger partial charge < -0.3 is 26.0 Å². The van der Waals surface area contributed by atoms with Crippen molar-refractivity contribution >= 4 is 29.8 Å². The molecule has 2 atom stereocenters. The maximum absolute atomic E-state index is 13.0. The number of hydrogen-bond acceptors (Lipinski definition) is 5. The smallest absolute Gasteiger partial charge is 0.246 e. The lowest BCUT2D eigenvalue weighted by Crippen LogP contribution is -2.54. The summed E-state index contributed by atoms with van der Waals surface area (Å²) in [6.07, 6.45) is 5.48. The Morgan fingerprint density at radius 3 is 2.26 bits per heavy atom. The number of anilines is 1. The zero-order valence-corrected chi connectivity index (χ0v) is 21.5. The first-order valence-corrected chi connectivity index (χ1v) is 12.5. The molecule has 4 N–H and O–H groups in total. The van der Waals surface area contributed by atoms with E-state index in [0.29, 0.717) is 31.5 Å². The molecule has 1 rings (SSSR count). The molecule has 0 bridgehead atoms. The summed E-state index contributed by atoms with van der Waals surface area (Å²) in [4.78, 5) is 50.6. The highest BCUT2D eigenvalue weighted by Crippen LogP contribution is 2.12. The number of rotatable bonds is 17. The highest BCUT2D eigenvalue weighted by atomic mass is 16.3. The SMILES string of the molecule is CCCCC(NC(=O)C(NC(=O)CCCCCN(C)C=O)C(C)C)C(=O)Nc1ccc(CO)cc1. The number of unbranched alkanes of at least 4 members (excludes halogenated alkanes) is 3. The molecule has 0 heterocycles. The molecule has 0 aliphatic rings. The maximum Gasteiger partial charge on any atom is 0.246 e. The monoisotopic (exact) mass is 490 g/mol. The van der Waals surface area contributed by atoms with Crippen LogP contribution in [0.2, 0.25) is 0 Å². The first kappa shape index (κ1) is 30.1. The average molecular weight is 491 g/mol. The van der Waals surface area contributed by atoms with Gasteiger partial charge in [0.05, 0.1) is 6.61 Å². The lowest BCUT2D eigenvalue weighted by molar-refractivity contribution is -0.132. The molecular weight excluding hydrogens is 448 g/mol. The van der Waals surface area contributed by atoms with Crippen LogP contribution in [-0.4, -0.2) is 59.8 Å². The second kappa shape index (κ2) is 16.6. The van der Waals surface area contributed by atoms with Gasteiger partial charge in [-0.1, -0.05) is 52.2 Å². The highest BCUT2D eigenvalue weighted by molar-refractivity contribution is 5.98. The molecule has 9 heteroatoms. The van der Waals surface area contributed by atoms with E-state index in [-0.39, 0.29) is 30.2 Å². The van der Waals surface area contributed by atoms with Crippen LogP contribution in [0, 0.1) is 5.92 Å². The summed E-state index contributed by atoms with van der Waals surface area (Å²) in [7, 11) is 1.71. The van der Waals surface area contributed by atoms with E-state index in [9.17, 15) is 24.3 Å². The van der Waals surface area contributed by atoms with Gasteiger partial charge in [-0.25, -0.2) is 0 Å². The number of carbonyl (C=O) groups excluding carboxylic acids is 4. The summed E-state index contributed by atoms with van der Waals surface area (Å²) >= 11 is 0. The molecule has 0 aliphatic heterocycles. The molecule has 0 aliphatic carbocycles. The zero-order chi connectivity index (χ0) is 26.2. The number of carbonyl (C=O) groups is 4. The van der Waals surface area contributed by atoms with Crippen molar-refractivity contribution in [3.8, 4) is 0 Å². The van der Waals surface area contributed by atoms with Gasteiger partial charge in [-0.2, -0.15) is 0 Å². The van der Waals surface area contributed by atoms with Gasteiger partial charge in [-0.3, -0.25) is 19.2 Å². The summed E-state index contributed by atoms with van der Waals surface area (Å²) in [5.74, 6) is -1.06. The Morgan fingerprint density at radius 2 is 1.69 bits per heavy atom. The van der Waals surface area contributed by atoms with Crippen LogP contribution in [0.5, 0.6) is 0 Å². The normalized spacial score (nSPS) is 12.5. The van der Waals surface area contributed by atoms with Gasteiger partial charge in [-0.15, -0.1) is 0 Å². The lowest BCUT2D eigenvalue weighted by atomic mass is 10.0. The Hall–Kier alpha value is -2.94. The van der Waals surface area contributed by atoms with E-state index in [1.54, 1.807) is 36.2 Å². The van der Waals surface area contributed by atoms with Gasteiger partial charge >= 0.3 is 0 Å². The van der Waals surface area contributed by atoms with Gasteiger partial charge in [0, 0.05) is 25.7 Å². The second-order valence-corrected chi connectivity index (χ2v) is 9.23. The molecule has 4 amide bonds. The van der Waals surface area contributed by atoms with Crippen LogP contribution in [0.3, 0.4) is 0 Å². The molecule has 0 spiro atoms. The van der Waals surface area contributed by atoms with Crippen LogP contribution in [-0.2, 0) is 25.8 Å².